The number of nitrogens with zero attached hydrogens (tertiary/aromatic N) is 2. The Morgan fingerprint density at radius 1 is 0.972 bits per heavy atom. The molecule has 0 fully saturated rings. The third-order valence-electron chi connectivity index (χ3n) is 5.46. The summed E-state index contributed by atoms with van der Waals surface area (Å²) in [5.41, 5.74) is -0.486. The maximum absolute atomic E-state index is 13.2. The summed E-state index contributed by atoms with van der Waals surface area (Å²) >= 11 is 6.16. The Labute approximate surface area is 210 Å². The van der Waals surface area contributed by atoms with E-state index < -0.39 is 11.9 Å². The van der Waals surface area contributed by atoms with Crippen LogP contribution in [0.2, 0.25) is 5.02 Å². The molecule has 4 aromatic rings. The van der Waals surface area contributed by atoms with Crippen molar-refractivity contribution in [2.75, 3.05) is 17.3 Å². The molecule has 9 heteroatoms. The van der Waals surface area contributed by atoms with Gasteiger partial charge in [0.15, 0.2) is 0 Å². The molecule has 0 aliphatic rings. The number of amides is 1. The van der Waals surface area contributed by atoms with Gasteiger partial charge >= 0.3 is 6.18 Å². The summed E-state index contributed by atoms with van der Waals surface area (Å²) in [7, 11) is 1.61. The van der Waals surface area contributed by atoms with Gasteiger partial charge < -0.3 is 5.32 Å². The van der Waals surface area contributed by atoms with Crippen LogP contribution in [0, 0.1) is 5.41 Å². The molecule has 0 atom stereocenters. The van der Waals surface area contributed by atoms with Gasteiger partial charge in [0.2, 0.25) is 0 Å². The van der Waals surface area contributed by atoms with Gasteiger partial charge in [-0.3, -0.25) is 15.1 Å². The van der Waals surface area contributed by atoms with Crippen LogP contribution in [-0.4, -0.2) is 29.8 Å². The van der Waals surface area contributed by atoms with Gasteiger partial charge in [-0.1, -0.05) is 60.1 Å². The maximum Gasteiger partial charge on any atom is 0.432 e. The minimum Gasteiger partial charge on any atom is -0.354 e. The average molecular weight is 509 g/mol. The van der Waals surface area contributed by atoms with Crippen molar-refractivity contribution in [3.8, 4) is 0 Å². The molecule has 1 amide bonds. The van der Waals surface area contributed by atoms with Crippen LogP contribution in [0.1, 0.15) is 15.9 Å². The number of halogens is 4. The number of alkyl halides is 3. The summed E-state index contributed by atoms with van der Waals surface area (Å²) in [4.78, 5) is 18.9. The molecule has 4 rings (SSSR count). The van der Waals surface area contributed by atoms with Crippen molar-refractivity contribution in [3.63, 3.8) is 0 Å². The fourth-order valence-corrected chi connectivity index (χ4v) is 3.76. The molecule has 3 aromatic carbocycles. The number of rotatable bonds is 6. The zero-order valence-corrected chi connectivity index (χ0v) is 19.7. The Hall–Kier alpha value is -4.17. The van der Waals surface area contributed by atoms with E-state index in [1.807, 2.05) is 30.3 Å². The van der Waals surface area contributed by atoms with Crippen molar-refractivity contribution in [3.05, 3.63) is 107 Å². The van der Waals surface area contributed by atoms with Crippen molar-refractivity contribution in [1.82, 2.24) is 4.98 Å². The molecule has 0 radical (unpaired) electrons. The van der Waals surface area contributed by atoms with Crippen LogP contribution in [0.5, 0.6) is 0 Å². The van der Waals surface area contributed by atoms with Crippen LogP contribution in [0.25, 0.3) is 16.5 Å². The molecule has 0 bridgehead atoms. The van der Waals surface area contributed by atoms with Gasteiger partial charge in [0, 0.05) is 29.9 Å². The molecule has 36 heavy (non-hydrogen) atoms. The highest BCUT2D eigenvalue weighted by Crippen LogP contribution is 2.28. The van der Waals surface area contributed by atoms with Gasteiger partial charge in [-0.2, -0.15) is 13.2 Å². The molecular formula is C27H20ClF3N4O. The van der Waals surface area contributed by atoms with Crippen molar-refractivity contribution >= 4 is 51.2 Å². The molecule has 0 saturated carbocycles. The minimum absolute atomic E-state index is 0.00787. The number of aromatic nitrogens is 1. The summed E-state index contributed by atoms with van der Waals surface area (Å²) in [6, 6.07) is 22.0. The fourth-order valence-electron chi connectivity index (χ4n) is 3.58. The molecule has 0 aliphatic carbocycles. The van der Waals surface area contributed by atoms with Crippen LogP contribution in [0.3, 0.4) is 0 Å². The molecule has 1 heterocycles. The van der Waals surface area contributed by atoms with Crippen LogP contribution in [0.15, 0.2) is 91.1 Å². The SMILES string of the molecule is CN(C(=O)c1ccc(/C(=C/C(=N)C(F)(F)F)Nc2ccccc2Cl)cc1)c1nccc2ccccc12. The smallest absolute Gasteiger partial charge is 0.354 e. The Balaban J connectivity index is 1.65. The number of fused-ring (bicyclic) bond motifs is 1. The number of pyridine rings is 1. The predicted molar refractivity (Wildman–Crippen MR) is 138 cm³/mol. The second-order valence-corrected chi connectivity index (χ2v) is 8.28. The van der Waals surface area contributed by atoms with E-state index in [-0.39, 0.29) is 11.6 Å². The molecule has 0 saturated heterocycles. The number of benzene rings is 3. The first kappa shape index (κ1) is 24.9. The van der Waals surface area contributed by atoms with E-state index in [0.717, 1.165) is 10.8 Å². The Kier molecular flexibility index (Phi) is 7.07. The maximum atomic E-state index is 13.2. The fraction of sp³-hybridized carbons (Fsp3) is 0.0741. The summed E-state index contributed by atoms with van der Waals surface area (Å²) in [6.45, 7) is 0. The largest absolute Gasteiger partial charge is 0.432 e. The zero-order valence-electron chi connectivity index (χ0n) is 19.0. The quantitative estimate of drug-likeness (QED) is 0.271. The number of hydrogen-bond donors (Lipinski definition) is 2. The highest BCUT2D eigenvalue weighted by atomic mass is 35.5. The van der Waals surface area contributed by atoms with E-state index in [9.17, 15) is 18.0 Å². The Morgan fingerprint density at radius 3 is 2.31 bits per heavy atom. The van der Waals surface area contributed by atoms with E-state index in [0.29, 0.717) is 33.7 Å². The molecule has 5 nitrogen and oxygen atoms in total. The topological polar surface area (TPSA) is 69.1 Å². The number of allylic oxidation sites excluding steroid dienone is 1. The molecule has 1 aromatic heterocycles. The number of para-hydroxylation sites is 1. The number of carbonyl (C=O) groups is 1. The number of anilines is 2. The Bertz CT molecular complexity index is 1460. The van der Waals surface area contributed by atoms with Crippen LogP contribution >= 0.6 is 11.6 Å². The molecule has 0 unspecified atom stereocenters. The normalized spacial score (nSPS) is 11.9. The van der Waals surface area contributed by atoms with Gasteiger partial charge in [0.1, 0.15) is 11.5 Å². The van der Waals surface area contributed by atoms with Crippen molar-refractivity contribution in [2.45, 2.75) is 6.18 Å². The second-order valence-electron chi connectivity index (χ2n) is 7.87. The van der Waals surface area contributed by atoms with Crippen molar-refractivity contribution in [1.29, 1.82) is 5.41 Å². The monoisotopic (exact) mass is 508 g/mol. The number of hydrogen-bond acceptors (Lipinski definition) is 4. The Morgan fingerprint density at radius 2 is 1.61 bits per heavy atom. The van der Waals surface area contributed by atoms with Crippen LogP contribution in [0.4, 0.5) is 24.7 Å². The van der Waals surface area contributed by atoms with Gasteiger partial charge in [0.05, 0.1) is 10.7 Å². The molecule has 182 valence electrons. The van der Waals surface area contributed by atoms with Crippen LogP contribution in [-0.2, 0) is 0 Å². The summed E-state index contributed by atoms with van der Waals surface area (Å²) in [5, 5.41) is 12.3. The lowest BCUT2D eigenvalue weighted by Crippen LogP contribution is -2.27. The minimum atomic E-state index is -4.82. The first-order chi connectivity index (χ1) is 17.1. The molecular weight excluding hydrogens is 489 g/mol. The van der Waals surface area contributed by atoms with Gasteiger partial charge in [-0.05, 0) is 47.4 Å². The number of carbonyl (C=O) groups excluding carboxylic acids is 1. The molecule has 2 N–H and O–H groups in total. The number of nitrogens with one attached hydrogen (secondary N) is 2. The zero-order chi connectivity index (χ0) is 25.9. The van der Waals surface area contributed by atoms with Gasteiger partial charge in [0.25, 0.3) is 5.91 Å². The van der Waals surface area contributed by atoms with E-state index in [1.54, 1.807) is 37.5 Å². The highest BCUT2D eigenvalue weighted by Gasteiger charge is 2.33. The highest BCUT2D eigenvalue weighted by molar-refractivity contribution is 6.33. The molecule has 0 aliphatic heterocycles. The first-order valence-electron chi connectivity index (χ1n) is 10.8. The summed E-state index contributed by atoms with van der Waals surface area (Å²) < 4.78 is 39.3. The lowest BCUT2D eigenvalue weighted by molar-refractivity contribution is -0.0583. The van der Waals surface area contributed by atoms with Gasteiger partial charge in [-0.25, -0.2) is 4.98 Å². The van der Waals surface area contributed by atoms with Crippen molar-refractivity contribution in [2.24, 2.45) is 0 Å². The molecule has 0 spiro atoms. The van der Waals surface area contributed by atoms with Crippen LogP contribution < -0.4 is 10.2 Å². The predicted octanol–water partition coefficient (Wildman–Crippen LogP) is 7.20. The van der Waals surface area contributed by atoms with E-state index in [1.165, 1.54) is 29.2 Å². The summed E-state index contributed by atoms with van der Waals surface area (Å²) in [5.74, 6) is 0.153. The first-order valence-corrected chi connectivity index (χ1v) is 11.1. The lowest BCUT2D eigenvalue weighted by Gasteiger charge is -2.19. The summed E-state index contributed by atoms with van der Waals surface area (Å²) in [6.07, 6.45) is -2.51. The standard InChI is InChI=1S/C27H20ClF3N4O/c1-35(25-20-7-3-2-6-17(20)14-15-33-25)26(36)19-12-10-18(11-13-19)23(16-24(32)27(29,30)31)34-22-9-5-4-8-21(22)28/h2-16,32,34H,1H3/b23-16-,32-24?. The average Bonchev–Trinajstić information content (AvgIpc) is 2.88. The van der Waals surface area contributed by atoms with Gasteiger partial charge in [-0.15, -0.1) is 0 Å². The van der Waals surface area contributed by atoms with E-state index >= 15 is 0 Å². The third-order valence-corrected chi connectivity index (χ3v) is 5.78. The van der Waals surface area contributed by atoms with E-state index in [2.05, 4.69) is 10.3 Å². The lowest BCUT2D eigenvalue weighted by atomic mass is 10.1. The van der Waals surface area contributed by atoms with Crippen molar-refractivity contribution < 1.29 is 18.0 Å². The van der Waals surface area contributed by atoms with E-state index in [4.69, 9.17) is 17.0 Å². The third kappa shape index (κ3) is 5.39. The second kappa shape index (κ2) is 10.2.